The highest BCUT2D eigenvalue weighted by Gasteiger charge is 2.00. The molecule has 1 aromatic carbocycles. The molecule has 0 aliphatic rings. The Balaban J connectivity index is 2.11. The van der Waals surface area contributed by atoms with E-state index in [0.717, 1.165) is 44.5 Å². The van der Waals surface area contributed by atoms with Gasteiger partial charge >= 0.3 is 0 Å². The van der Waals surface area contributed by atoms with E-state index in [-0.39, 0.29) is 10.8 Å². The lowest BCUT2D eigenvalue weighted by molar-refractivity contribution is 0.192. The van der Waals surface area contributed by atoms with E-state index < -0.39 is 0 Å². The molecule has 0 fully saturated rings. The van der Waals surface area contributed by atoms with Gasteiger partial charge in [0.1, 0.15) is 5.82 Å². The van der Waals surface area contributed by atoms with E-state index in [0.29, 0.717) is 0 Å². The molecule has 0 aliphatic heterocycles. The molecule has 0 radical (unpaired) electrons. The van der Waals surface area contributed by atoms with E-state index in [1.807, 2.05) is 0 Å². The Bertz CT molecular complexity index is 333. The van der Waals surface area contributed by atoms with Gasteiger partial charge in [0.2, 0.25) is 0 Å². The number of methoxy groups -OCH3 is 1. The molecule has 0 amide bonds. The van der Waals surface area contributed by atoms with Crippen molar-refractivity contribution in [1.29, 1.82) is 0 Å². The molecular weight excluding hydrogens is 241 g/mol. The van der Waals surface area contributed by atoms with Crippen LogP contribution in [-0.2, 0) is 11.3 Å². The Morgan fingerprint density at radius 2 is 2.12 bits per heavy atom. The van der Waals surface area contributed by atoms with Crippen LogP contribution in [0.1, 0.15) is 24.8 Å². The third kappa shape index (κ3) is 6.01. The second-order valence-corrected chi connectivity index (χ2v) is 4.39. The van der Waals surface area contributed by atoms with Gasteiger partial charge in [0.25, 0.3) is 0 Å². The summed E-state index contributed by atoms with van der Waals surface area (Å²) in [7, 11) is 1.72. The van der Waals surface area contributed by atoms with Gasteiger partial charge in [0.15, 0.2) is 0 Å². The minimum absolute atomic E-state index is 0.185. The Morgan fingerprint density at radius 1 is 1.29 bits per heavy atom. The third-order valence-corrected chi connectivity index (χ3v) is 2.80. The quantitative estimate of drug-likeness (QED) is 0.723. The molecule has 96 valence electrons. The van der Waals surface area contributed by atoms with Crippen molar-refractivity contribution in [3.05, 3.63) is 34.6 Å². The zero-order chi connectivity index (χ0) is 12.5. The summed E-state index contributed by atoms with van der Waals surface area (Å²) in [5, 5.41) is 3.49. The van der Waals surface area contributed by atoms with Gasteiger partial charge in [0, 0.05) is 20.3 Å². The highest BCUT2D eigenvalue weighted by Crippen LogP contribution is 2.15. The van der Waals surface area contributed by atoms with Crippen LogP contribution in [0.25, 0.3) is 0 Å². The molecule has 0 saturated heterocycles. The molecule has 0 spiro atoms. The van der Waals surface area contributed by atoms with Crippen molar-refractivity contribution in [3.8, 4) is 0 Å². The summed E-state index contributed by atoms with van der Waals surface area (Å²) in [5.74, 6) is -0.366. The maximum Gasteiger partial charge on any atom is 0.141 e. The molecule has 0 atom stereocenters. The van der Waals surface area contributed by atoms with Gasteiger partial charge in [-0.15, -0.1) is 0 Å². The summed E-state index contributed by atoms with van der Waals surface area (Å²) in [6, 6.07) is 4.81. The van der Waals surface area contributed by atoms with Crippen molar-refractivity contribution in [2.24, 2.45) is 0 Å². The van der Waals surface area contributed by atoms with E-state index >= 15 is 0 Å². The first-order valence-corrected chi connectivity index (χ1v) is 6.25. The number of halogens is 2. The average molecular weight is 260 g/mol. The fourth-order valence-corrected chi connectivity index (χ4v) is 1.76. The third-order valence-electron chi connectivity index (χ3n) is 2.52. The van der Waals surface area contributed by atoms with Crippen LogP contribution in [-0.4, -0.2) is 20.3 Å². The van der Waals surface area contributed by atoms with Crippen LogP contribution in [0.5, 0.6) is 0 Å². The number of ether oxygens (including phenoxy) is 1. The van der Waals surface area contributed by atoms with Crippen molar-refractivity contribution in [2.45, 2.75) is 25.8 Å². The van der Waals surface area contributed by atoms with Crippen LogP contribution >= 0.6 is 11.6 Å². The van der Waals surface area contributed by atoms with Crippen molar-refractivity contribution < 1.29 is 9.13 Å². The van der Waals surface area contributed by atoms with Crippen molar-refractivity contribution in [1.82, 2.24) is 5.32 Å². The SMILES string of the molecule is COCCCCCNCc1ccc(F)c(Cl)c1. The van der Waals surface area contributed by atoms with E-state index in [4.69, 9.17) is 16.3 Å². The first-order valence-electron chi connectivity index (χ1n) is 5.87. The summed E-state index contributed by atoms with van der Waals surface area (Å²) in [6.07, 6.45) is 3.38. The van der Waals surface area contributed by atoms with E-state index in [1.165, 1.54) is 6.07 Å². The second kappa shape index (κ2) is 8.45. The summed E-state index contributed by atoms with van der Waals surface area (Å²) >= 11 is 5.69. The van der Waals surface area contributed by atoms with Crippen LogP contribution < -0.4 is 5.32 Å². The highest BCUT2D eigenvalue weighted by molar-refractivity contribution is 6.30. The molecular formula is C13H19ClFNO. The Morgan fingerprint density at radius 3 is 2.82 bits per heavy atom. The lowest BCUT2D eigenvalue weighted by atomic mass is 10.2. The average Bonchev–Trinajstić information content (AvgIpc) is 2.32. The highest BCUT2D eigenvalue weighted by atomic mass is 35.5. The predicted octanol–water partition coefficient (Wildman–Crippen LogP) is 3.39. The van der Waals surface area contributed by atoms with Gasteiger partial charge in [-0.1, -0.05) is 17.7 Å². The smallest absolute Gasteiger partial charge is 0.141 e. The number of nitrogens with one attached hydrogen (secondary N) is 1. The fraction of sp³-hybridized carbons (Fsp3) is 0.538. The maximum absolute atomic E-state index is 12.9. The molecule has 0 unspecified atom stereocenters. The summed E-state index contributed by atoms with van der Waals surface area (Å²) in [6.45, 7) is 2.51. The van der Waals surface area contributed by atoms with Gasteiger partial charge in [-0.3, -0.25) is 0 Å². The summed E-state index contributed by atoms with van der Waals surface area (Å²) in [5.41, 5.74) is 1.01. The number of benzene rings is 1. The monoisotopic (exact) mass is 259 g/mol. The lowest BCUT2D eigenvalue weighted by Crippen LogP contribution is -2.14. The van der Waals surface area contributed by atoms with Crippen LogP contribution in [0.15, 0.2) is 18.2 Å². The normalized spacial score (nSPS) is 10.8. The maximum atomic E-state index is 12.9. The topological polar surface area (TPSA) is 21.3 Å². The zero-order valence-electron chi connectivity index (χ0n) is 10.1. The first-order chi connectivity index (χ1) is 8.24. The van der Waals surface area contributed by atoms with Gasteiger partial charge in [-0.2, -0.15) is 0 Å². The summed E-state index contributed by atoms with van der Waals surface area (Å²) in [4.78, 5) is 0. The van der Waals surface area contributed by atoms with Crippen molar-refractivity contribution >= 4 is 11.6 Å². The molecule has 1 aromatic rings. The van der Waals surface area contributed by atoms with Crippen LogP contribution in [0.2, 0.25) is 5.02 Å². The van der Waals surface area contributed by atoms with Gasteiger partial charge in [-0.05, 0) is 43.5 Å². The Kier molecular flexibility index (Phi) is 7.17. The number of hydrogen-bond acceptors (Lipinski definition) is 2. The van der Waals surface area contributed by atoms with Crippen molar-refractivity contribution in [2.75, 3.05) is 20.3 Å². The zero-order valence-corrected chi connectivity index (χ0v) is 10.9. The fourth-order valence-electron chi connectivity index (χ4n) is 1.56. The predicted molar refractivity (Wildman–Crippen MR) is 68.8 cm³/mol. The van der Waals surface area contributed by atoms with E-state index in [9.17, 15) is 4.39 Å². The Labute approximate surface area is 107 Å². The number of hydrogen-bond donors (Lipinski definition) is 1. The molecule has 0 saturated carbocycles. The molecule has 0 heterocycles. The molecule has 1 rings (SSSR count). The van der Waals surface area contributed by atoms with E-state index in [2.05, 4.69) is 5.32 Å². The van der Waals surface area contributed by atoms with Gasteiger partial charge in [0.05, 0.1) is 5.02 Å². The Hall–Kier alpha value is -0.640. The number of rotatable bonds is 8. The second-order valence-electron chi connectivity index (χ2n) is 3.98. The standard InChI is InChI=1S/C13H19ClFNO/c1-17-8-4-2-3-7-16-10-11-5-6-13(15)12(14)9-11/h5-6,9,16H,2-4,7-8,10H2,1H3. The minimum Gasteiger partial charge on any atom is -0.385 e. The van der Waals surface area contributed by atoms with Gasteiger partial charge in [-0.25, -0.2) is 4.39 Å². The van der Waals surface area contributed by atoms with Gasteiger partial charge < -0.3 is 10.1 Å². The molecule has 4 heteroatoms. The largest absolute Gasteiger partial charge is 0.385 e. The first kappa shape index (κ1) is 14.4. The molecule has 0 aromatic heterocycles. The molecule has 2 nitrogen and oxygen atoms in total. The molecule has 17 heavy (non-hydrogen) atoms. The van der Waals surface area contributed by atoms with Crippen LogP contribution in [0, 0.1) is 5.82 Å². The number of unbranched alkanes of at least 4 members (excludes halogenated alkanes) is 2. The summed E-state index contributed by atoms with van der Waals surface area (Å²) < 4.78 is 17.9. The lowest BCUT2D eigenvalue weighted by Gasteiger charge is -2.05. The molecule has 0 bridgehead atoms. The molecule has 1 N–H and O–H groups in total. The minimum atomic E-state index is -0.366. The van der Waals surface area contributed by atoms with Crippen LogP contribution in [0.3, 0.4) is 0 Å². The van der Waals surface area contributed by atoms with Crippen molar-refractivity contribution in [3.63, 3.8) is 0 Å². The van der Waals surface area contributed by atoms with Crippen LogP contribution in [0.4, 0.5) is 4.39 Å². The van der Waals surface area contributed by atoms with E-state index in [1.54, 1.807) is 19.2 Å². The molecule has 0 aliphatic carbocycles.